The third kappa shape index (κ3) is 2.74. The number of aryl methyl sites for hydroxylation is 1. The first-order chi connectivity index (χ1) is 7.75. The molecule has 0 fully saturated rings. The molecule has 2 rings (SSSR count). The Balaban J connectivity index is 2.02. The van der Waals surface area contributed by atoms with E-state index in [2.05, 4.69) is 17.2 Å². The molecule has 2 aromatic rings. The summed E-state index contributed by atoms with van der Waals surface area (Å²) < 4.78 is 0. The first-order valence-electron chi connectivity index (χ1n) is 5.14. The molecule has 1 aromatic heterocycles. The highest BCUT2D eigenvalue weighted by atomic mass is 35.5. The molecule has 0 bridgehead atoms. The van der Waals surface area contributed by atoms with Crippen LogP contribution in [0.25, 0.3) is 0 Å². The molecule has 1 N–H and O–H groups in total. The van der Waals surface area contributed by atoms with E-state index in [1.54, 1.807) is 6.20 Å². The van der Waals surface area contributed by atoms with Gasteiger partial charge in [-0.15, -0.1) is 0 Å². The van der Waals surface area contributed by atoms with Gasteiger partial charge in [-0.25, -0.2) is 0 Å². The molecule has 2 nitrogen and oxygen atoms in total. The largest absolute Gasteiger partial charge is 0.380 e. The lowest BCUT2D eigenvalue weighted by molar-refractivity contribution is 1.12. The summed E-state index contributed by atoms with van der Waals surface area (Å²) in [5.41, 5.74) is 3.47. The van der Waals surface area contributed by atoms with Crippen molar-refractivity contribution in [2.75, 3.05) is 5.32 Å². The van der Waals surface area contributed by atoms with E-state index in [0.717, 1.165) is 17.3 Å². The zero-order valence-electron chi connectivity index (χ0n) is 9.07. The van der Waals surface area contributed by atoms with Gasteiger partial charge in [0.15, 0.2) is 0 Å². The fourth-order valence-corrected chi connectivity index (χ4v) is 1.57. The second kappa shape index (κ2) is 4.99. The summed E-state index contributed by atoms with van der Waals surface area (Å²) in [6, 6.07) is 9.82. The van der Waals surface area contributed by atoms with Gasteiger partial charge in [-0.3, -0.25) is 4.98 Å². The summed E-state index contributed by atoms with van der Waals surface area (Å²) >= 11 is 5.82. The van der Waals surface area contributed by atoms with E-state index in [9.17, 15) is 0 Å². The molecule has 0 saturated carbocycles. The van der Waals surface area contributed by atoms with E-state index >= 15 is 0 Å². The molecule has 0 amide bonds. The van der Waals surface area contributed by atoms with Crippen LogP contribution < -0.4 is 5.32 Å². The van der Waals surface area contributed by atoms with Crippen LogP contribution in [0.2, 0.25) is 5.02 Å². The standard InChI is InChI=1S/C13H13ClN2/c1-10-6-7-15-9-13(10)16-8-11-2-4-12(14)5-3-11/h2-7,9,16H,8H2,1H3. The van der Waals surface area contributed by atoms with E-state index < -0.39 is 0 Å². The molecule has 16 heavy (non-hydrogen) atoms. The summed E-state index contributed by atoms with van der Waals surface area (Å²) in [5, 5.41) is 4.11. The minimum Gasteiger partial charge on any atom is -0.380 e. The van der Waals surface area contributed by atoms with Crippen molar-refractivity contribution >= 4 is 17.3 Å². The molecule has 0 saturated heterocycles. The molecule has 1 heterocycles. The number of rotatable bonds is 3. The number of halogens is 1. The average molecular weight is 233 g/mol. The second-order valence-electron chi connectivity index (χ2n) is 3.67. The molecule has 0 atom stereocenters. The first kappa shape index (κ1) is 11.0. The number of hydrogen-bond donors (Lipinski definition) is 1. The summed E-state index contributed by atoms with van der Waals surface area (Å²) in [6.45, 7) is 2.84. The van der Waals surface area contributed by atoms with Crippen LogP contribution in [0.1, 0.15) is 11.1 Å². The summed E-state index contributed by atoms with van der Waals surface area (Å²) in [7, 11) is 0. The van der Waals surface area contributed by atoms with Crippen LogP contribution in [0, 0.1) is 6.92 Å². The third-order valence-corrected chi connectivity index (χ3v) is 2.69. The predicted octanol–water partition coefficient (Wildman–Crippen LogP) is 3.66. The lowest BCUT2D eigenvalue weighted by Crippen LogP contribution is -2.01. The van der Waals surface area contributed by atoms with Gasteiger partial charge in [0, 0.05) is 17.8 Å². The van der Waals surface area contributed by atoms with Crippen molar-refractivity contribution in [1.82, 2.24) is 4.98 Å². The quantitative estimate of drug-likeness (QED) is 0.874. The number of pyridine rings is 1. The fourth-order valence-electron chi connectivity index (χ4n) is 1.45. The Bertz CT molecular complexity index is 466. The molecular formula is C13H13ClN2. The van der Waals surface area contributed by atoms with Crippen molar-refractivity contribution in [2.24, 2.45) is 0 Å². The smallest absolute Gasteiger partial charge is 0.0559 e. The maximum atomic E-state index is 5.82. The summed E-state index contributed by atoms with van der Waals surface area (Å²) in [5.74, 6) is 0. The molecule has 3 heteroatoms. The van der Waals surface area contributed by atoms with Gasteiger partial charge in [0.1, 0.15) is 0 Å². The highest BCUT2D eigenvalue weighted by Gasteiger charge is 1.97. The van der Waals surface area contributed by atoms with Crippen molar-refractivity contribution in [3.05, 3.63) is 58.9 Å². The van der Waals surface area contributed by atoms with Crippen molar-refractivity contribution in [2.45, 2.75) is 13.5 Å². The lowest BCUT2D eigenvalue weighted by Gasteiger charge is -2.08. The summed E-state index contributed by atoms with van der Waals surface area (Å²) in [4.78, 5) is 4.09. The second-order valence-corrected chi connectivity index (χ2v) is 4.11. The van der Waals surface area contributed by atoms with Crippen molar-refractivity contribution in [3.8, 4) is 0 Å². The maximum absolute atomic E-state index is 5.82. The zero-order valence-corrected chi connectivity index (χ0v) is 9.83. The van der Waals surface area contributed by atoms with Crippen LogP contribution in [-0.4, -0.2) is 4.98 Å². The highest BCUT2D eigenvalue weighted by Crippen LogP contribution is 2.14. The van der Waals surface area contributed by atoms with E-state index in [1.807, 2.05) is 36.5 Å². The number of nitrogens with zero attached hydrogens (tertiary/aromatic N) is 1. The van der Waals surface area contributed by atoms with Gasteiger partial charge >= 0.3 is 0 Å². The Morgan fingerprint density at radius 2 is 1.94 bits per heavy atom. The SMILES string of the molecule is Cc1ccncc1NCc1ccc(Cl)cc1. The van der Waals surface area contributed by atoms with Crippen LogP contribution >= 0.6 is 11.6 Å². The Labute approximate surface area is 100 Å². The molecule has 0 spiro atoms. The van der Waals surface area contributed by atoms with E-state index in [1.165, 1.54) is 11.1 Å². The van der Waals surface area contributed by atoms with E-state index in [0.29, 0.717) is 0 Å². The van der Waals surface area contributed by atoms with Crippen LogP contribution in [-0.2, 0) is 6.54 Å². The van der Waals surface area contributed by atoms with Gasteiger partial charge in [-0.05, 0) is 36.2 Å². The van der Waals surface area contributed by atoms with Gasteiger partial charge < -0.3 is 5.32 Å². The topological polar surface area (TPSA) is 24.9 Å². The zero-order chi connectivity index (χ0) is 11.4. The van der Waals surface area contributed by atoms with Gasteiger partial charge in [0.2, 0.25) is 0 Å². The van der Waals surface area contributed by atoms with Crippen LogP contribution in [0.5, 0.6) is 0 Å². The van der Waals surface area contributed by atoms with Crippen LogP contribution in [0.15, 0.2) is 42.7 Å². The lowest BCUT2D eigenvalue weighted by atomic mass is 10.2. The minimum atomic E-state index is 0.765. The normalized spacial score (nSPS) is 10.1. The van der Waals surface area contributed by atoms with Crippen molar-refractivity contribution in [1.29, 1.82) is 0 Å². The third-order valence-electron chi connectivity index (χ3n) is 2.44. The average Bonchev–Trinajstić information content (AvgIpc) is 2.30. The predicted molar refractivity (Wildman–Crippen MR) is 67.8 cm³/mol. The molecule has 0 aliphatic carbocycles. The van der Waals surface area contributed by atoms with Crippen LogP contribution in [0.3, 0.4) is 0 Å². The van der Waals surface area contributed by atoms with Gasteiger partial charge in [-0.2, -0.15) is 0 Å². The molecule has 0 aliphatic heterocycles. The van der Waals surface area contributed by atoms with E-state index in [4.69, 9.17) is 11.6 Å². The van der Waals surface area contributed by atoms with E-state index in [-0.39, 0.29) is 0 Å². The Morgan fingerprint density at radius 3 is 2.62 bits per heavy atom. The number of aromatic nitrogens is 1. The fraction of sp³-hybridized carbons (Fsp3) is 0.154. The number of hydrogen-bond acceptors (Lipinski definition) is 2. The maximum Gasteiger partial charge on any atom is 0.0559 e. The number of anilines is 1. The molecule has 0 unspecified atom stereocenters. The first-order valence-corrected chi connectivity index (χ1v) is 5.52. The van der Waals surface area contributed by atoms with Crippen molar-refractivity contribution in [3.63, 3.8) is 0 Å². The van der Waals surface area contributed by atoms with Gasteiger partial charge in [-0.1, -0.05) is 23.7 Å². The van der Waals surface area contributed by atoms with Gasteiger partial charge in [0.05, 0.1) is 11.9 Å². The number of nitrogens with one attached hydrogen (secondary N) is 1. The Hall–Kier alpha value is -1.54. The highest BCUT2D eigenvalue weighted by molar-refractivity contribution is 6.30. The molecule has 0 aliphatic rings. The van der Waals surface area contributed by atoms with Crippen molar-refractivity contribution < 1.29 is 0 Å². The monoisotopic (exact) mass is 232 g/mol. The molecule has 82 valence electrons. The summed E-state index contributed by atoms with van der Waals surface area (Å²) in [6.07, 6.45) is 3.63. The molecular weight excluding hydrogens is 220 g/mol. The Kier molecular flexibility index (Phi) is 3.42. The Morgan fingerprint density at radius 1 is 1.19 bits per heavy atom. The molecule has 0 radical (unpaired) electrons. The number of benzene rings is 1. The minimum absolute atomic E-state index is 0.765. The molecule has 1 aromatic carbocycles. The van der Waals surface area contributed by atoms with Gasteiger partial charge in [0.25, 0.3) is 0 Å². The van der Waals surface area contributed by atoms with Crippen LogP contribution in [0.4, 0.5) is 5.69 Å².